The smallest absolute Gasteiger partial charge is 0.207 e. The highest BCUT2D eigenvalue weighted by Crippen LogP contribution is 2.24. The molecule has 0 heterocycles. The van der Waals surface area contributed by atoms with E-state index in [9.17, 15) is 8.42 Å². The quantitative estimate of drug-likeness (QED) is 0.597. The van der Waals surface area contributed by atoms with Crippen molar-refractivity contribution >= 4 is 19.7 Å². The maximum atomic E-state index is 10.8. The highest BCUT2D eigenvalue weighted by atomic mass is 35.7. The van der Waals surface area contributed by atoms with E-state index >= 15 is 0 Å². The van der Waals surface area contributed by atoms with E-state index in [2.05, 4.69) is 0 Å². The molecule has 0 spiro atoms. The third kappa shape index (κ3) is 2.34. The fourth-order valence-electron chi connectivity index (χ4n) is 0.925. The van der Waals surface area contributed by atoms with Gasteiger partial charge in [-0.2, -0.15) is 0 Å². The molecule has 0 saturated carbocycles. The molecule has 1 aliphatic rings. The van der Waals surface area contributed by atoms with Gasteiger partial charge in [0.25, 0.3) is 9.05 Å². The normalized spacial score (nSPS) is 19.1. The van der Waals surface area contributed by atoms with Crippen molar-refractivity contribution in [1.29, 1.82) is 0 Å². The Bertz CT molecular complexity index is 311. The van der Waals surface area contributed by atoms with Crippen molar-refractivity contribution in [2.75, 3.05) is 0 Å². The Morgan fingerprint density at radius 2 is 2.00 bits per heavy atom. The van der Waals surface area contributed by atoms with E-state index in [1.165, 1.54) is 5.57 Å². The zero-order valence-corrected chi connectivity index (χ0v) is 7.74. The summed E-state index contributed by atoms with van der Waals surface area (Å²) in [6.07, 6.45) is 4.69. The summed E-state index contributed by atoms with van der Waals surface area (Å²) < 4.78 is 21.5. The van der Waals surface area contributed by atoms with Gasteiger partial charge in [-0.25, -0.2) is 8.42 Å². The molecule has 0 aliphatic heterocycles. The van der Waals surface area contributed by atoms with Gasteiger partial charge in [0.05, 0.1) is 4.91 Å². The molecule has 2 nitrogen and oxygen atoms in total. The molecule has 0 atom stereocenters. The predicted octanol–water partition coefficient (Wildman–Crippen LogP) is 2.18. The largest absolute Gasteiger partial charge is 0.257 e. The first-order valence-electron chi connectivity index (χ1n) is 3.31. The van der Waals surface area contributed by atoms with Crippen LogP contribution in [0.2, 0.25) is 0 Å². The molecule has 11 heavy (non-hydrogen) atoms. The monoisotopic (exact) mass is 192 g/mol. The van der Waals surface area contributed by atoms with Crippen LogP contribution in [0.15, 0.2) is 22.6 Å². The summed E-state index contributed by atoms with van der Waals surface area (Å²) in [5.74, 6) is 0. The van der Waals surface area contributed by atoms with Gasteiger partial charge in [-0.05, 0) is 25.8 Å². The van der Waals surface area contributed by atoms with E-state index in [-0.39, 0.29) is 0 Å². The van der Waals surface area contributed by atoms with Crippen molar-refractivity contribution in [2.45, 2.75) is 19.8 Å². The number of hydrogen-bond acceptors (Lipinski definition) is 2. The second-order valence-corrected chi connectivity index (χ2v) is 5.20. The van der Waals surface area contributed by atoms with Crippen LogP contribution in [0.25, 0.3) is 0 Å². The average Bonchev–Trinajstić information content (AvgIpc) is 1.86. The fraction of sp³-hybridized carbons (Fsp3) is 0.429. The lowest BCUT2D eigenvalue weighted by atomic mass is 10.1. The molecule has 62 valence electrons. The molecule has 0 unspecified atom stereocenters. The van der Waals surface area contributed by atoms with Crippen LogP contribution in [-0.4, -0.2) is 8.42 Å². The van der Waals surface area contributed by atoms with Crippen LogP contribution in [0.5, 0.6) is 0 Å². The van der Waals surface area contributed by atoms with Crippen molar-refractivity contribution in [2.24, 2.45) is 0 Å². The van der Waals surface area contributed by atoms with Gasteiger partial charge in [0.2, 0.25) is 0 Å². The Morgan fingerprint density at radius 3 is 2.36 bits per heavy atom. The molecule has 0 aromatic carbocycles. The Labute approximate surface area is 71.0 Å². The van der Waals surface area contributed by atoms with Crippen LogP contribution in [0.3, 0.4) is 0 Å². The summed E-state index contributed by atoms with van der Waals surface area (Å²) in [5, 5.41) is 0. The molecule has 1 aliphatic carbocycles. The molecule has 0 amide bonds. The third-order valence-electron chi connectivity index (χ3n) is 1.63. The van der Waals surface area contributed by atoms with E-state index in [0.717, 1.165) is 6.42 Å². The van der Waals surface area contributed by atoms with Crippen LogP contribution in [0.4, 0.5) is 0 Å². The maximum Gasteiger partial charge on any atom is 0.257 e. The minimum absolute atomic E-state index is 0.324. The fourth-order valence-corrected chi connectivity index (χ4v) is 1.89. The summed E-state index contributed by atoms with van der Waals surface area (Å²) in [7, 11) is 1.67. The van der Waals surface area contributed by atoms with Crippen LogP contribution >= 0.6 is 10.7 Å². The Kier molecular flexibility index (Phi) is 2.40. The first kappa shape index (κ1) is 8.81. The zero-order chi connectivity index (χ0) is 8.48. The minimum Gasteiger partial charge on any atom is -0.207 e. The molecule has 0 N–H and O–H groups in total. The lowest BCUT2D eigenvalue weighted by Gasteiger charge is -2.07. The number of allylic oxidation sites excluding steroid dienone is 4. The molecule has 0 fully saturated rings. The highest BCUT2D eigenvalue weighted by Gasteiger charge is 2.15. The second kappa shape index (κ2) is 2.99. The maximum absolute atomic E-state index is 10.8. The topological polar surface area (TPSA) is 34.1 Å². The average molecular weight is 193 g/mol. The second-order valence-electron chi connectivity index (χ2n) is 2.58. The lowest BCUT2D eigenvalue weighted by molar-refractivity contribution is 0.612. The Morgan fingerprint density at radius 1 is 1.36 bits per heavy atom. The molecule has 1 rings (SSSR count). The van der Waals surface area contributed by atoms with Gasteiger partial charge >= 0.3 is 0 Å². The number of hydrogen-bond donors (Lipinski definition) is 0. The lowest BCUT2D eigenvalue weighted by Crippen LogP contribution is -1.98. The van der Waals surface area contributed by atoms with Crippen molar-refractivity contribution in [3.05, 3.63) is 22.6 Å². The van der Waals surface area contributed by atoms with Gasteiger partial charge in [-0.3, -0.25) is 0 Å². The molecule has 0 saturated heterocycles. The van der Waals surface area contributed by atoms with Gasteiger partial charge in [-0.1, -0.05) is 11.6 Å². The first-order valence-corrected chi connectivity index (χ1v) is 5.62. The molecule has 0 aromatic heterocycles. The van der Waals surface area contributed by atoms with Crippen molar-refractivity contribution in [3.8, 4) is 0 Å². The van der Waals surface area contributed by atoms with Crippen molar-refractivity contribution in [1.82, 2.24) is 0 Å². The van der Waals surface area contributed by atoms with Gasteiger partial charge in [-0.15, -0.1) is 0 Å². The summed E-state index contributed by atoms with van der Waals surface area (Å²) in [4.78, 5) is 0.324. The molecular formula is C7H9ClO2S. The summed E-state index contributed by atoms with van der Waals surface area (Å²) in [6.45, 7) is 1.97. The minimum atomic E-state index is -3.46. The predicted molar refractivity (Wildman–Crippen MR) is 45.8 cm³/mol. The van der Waals surface area contributed by atoms with Crippen LogP contribution in [0, 0.1) is 0 Å². The van der Waals surface area contributed by atoms with E-state index in [1.54, 1.807) is 12.2 Å². The number of rotatable bonds is 1. The van der Waals surface area contributed by atoms with E-state index in [4.69, 9.17) is 10.7 Å². The third-order valence-corrected chi connectivity index (χ3v) is 3.19. The van der Waals surface area contributed by atoms with Gasteiger partial charge < -0.3 is 0 Å². The zero-order valence-electron chi connectivity index (χ0n) is 6.17. The SMILES string of the molecule is CC1=CC=C(S(=O)(=O)Cl)CC1. The molecule has 0 aromatic rings. The summed E-state index contributed by atoms with van der Waals surface area (Å²) in [5.41, 5.74) is 1.19. The molecule has 0 bridgehead atoms. The Balaban J connectivity index is 2.95. The molecule has 4 heteroatoms. The van der Waals surface area contributed by atoms with Gasteiger partial charge in [0.15, 0.2) is 0 Å². The number of halogens is 1. The van der Waals surface area contributed by atoms with Crippen molar-refractivity contribution in [3.63, 3.8) is 0 Å². The van der Waals surface area contributed by atoms with Crippen LogP contribution in [-0.2, 0) is 9.05 Å². The first-order chi connectivity index (χ1) is 5.00. The van der Waals surface area contributed by atoms with Crippen molar-refractivity contribution < 1.29 is 8.42 Å². The highest BCUT2D eigenvalue weighted by molar-refractivity contribution is 8.16. The van der Waals surface area contributed by atoms with E-state index in [0.29, 0.717) is 11.3 Å². The van der Waals surface area contributed by atoms with Gasteiger partial charge in [0.1, 0.15) is 0 Å². The van der Waals surface area contributed by atoms with E-state index in [1.807, 2.05) is 6.92 Å². The van der Waals surface area contributed by atoms with Crippen LogP contribution in [0.1, 0.15) is 19.8 Å². The molecule has 0 radical (unpaired) electrons. The molecular weight excluding hydrogens is 184 g/mol. The summed E-state index contributed by atoms with van der Waals surface area (Å²) in [6, 6.07) is 0. The van der Waals surface area contributed by atoms with Gasteiger partial charge in [0, 0.05) is 10.7 Å². The summed E-state index contributed by atoms with van der Waals surface area (Å²) >= 11 is 0. The Hall–Kier alpha value is -0.280. The van der Waals surface area contributed by atoms with Crippen LogP contribution < -0.4 is 0 Å². The van der Waals surface area contributed by atoms with E-state index < -0.39 is 9.05 Å². The standard InChI is InChI=1S/C7H9ClO2S/c1-6-2-4-7(5-3-6)11(8,9)10/h2,4H,3,5H2,1H3.